The predicted octanol–water partition coefficient (Wildman–Crippen LogP) is 3.25. The number of fused-ring (bicyclic) bond motifs is 1. The number of rotatable bonds is 1. The fourth-order valence-corrected chi connectivity index (χ4v) is 1.91. The van der Waals surface area contributed by atoms with Gasteiger partial charge in [0.2, 0.25) is 0 Å². The van der Waals surface area contributed by atoms with E-state index in [0.29, 0.717) is 0 Å². The van der Waals surface area contributed by atoms with E-state index in [-0.39, 0.29) is 0 Å². The van der Waals surface area contributed by atoms with E-state index in [0.717, 1.165) is 26.8 Å². The van der Waals surface area contributed by atoms with Crippen molar-refractivity contribution in [2.75, 3.05) is 7.11 Å². The Bertz CT molecular complexity index is 447. The van der Waals surface area contributed by atoms with Crippen LogP contribution in [0.1, 0.15) is 5.69 Å². The molecule has 0 amide bonds. The minimum absolute atomic E-state index is 0.881. The SMILES string of the molecule is COc1ccc(Br)c2cc(C)[nH]c12. The molecule has 0 atom stereocenters. The van der Waals surface area contributed by atoms with Crippen molar-refractivity contribution >= 4 is 26.8 Å². The third kappa shape index (κ3) is 1.33. The maximum Gasteiger partial charge on any atom is 0.142 e. The second kappa shape index (κ2) is 3.07. The molecule has 0 aliphatic rings. The van der Waals surface area contributed by atoms with Gasteiger partial charge in [0.25, 0.3) is 0 Å². The third-order valence-corrected chi connectivity index (χ3v) is 2.75. The van der Waals surface area contributed by atoms with Gasteiger partial charge in [0.1, 0.15) is 5.75 Å². The molecule has 0 aliphatic carbocycles. The van der Waals surface area contributed by atoms with Gasteiger partial charge in [-0.3, -0.25) is 0 Å². The van der Waals surface area contributed by atoms with E-state index in [1.165, 1.54) is 0 Å². The van der Waals surface area contributed by atoms with Crippen molar-refractivity contribution in [3.8, 4) is 5.75 Å². The molecule has 0 radical (unpaired) electrons. The van der Waals surface area contributed by atoms with Gasteiger partial charge in [0, 0.05) is 15.6 Å². The van der Waals surface area contributed by atoms with Gasteiger partial charge in [-0.15, -0.1) is 0 Å². The Morgan fingerprint density at radius 2 is 2.15 bits per heavy atom. The van der Waals surface area contributed by atoms with Crippen molar-refractivity contribution in [3.05, 3.63) is 28.4 Å². The lowest BCUT2D eigenvalue weighted by molar-refractivity contribution is 0.419. The number of hydrogen-bond donors (Lipinski definition) is 1. The first-order valence-corrected chi connectivity index (χ1v) is 4.83. The zero-order valence-electron chi connectivity index (χ0n) is 7.52. The largest absolute Gasteiger partial charge is 0.495 e. The second-order valence-electron chi connectivity index (χ2n) is 2.99. The van der Waals surface area contributed by atoms with Gasteiger partial charge >= 0.3 is 0 Å². The van der Waals surface area contributed by atoms with E-state index in [1.54, 1.807) is 7.11 Å². The summed E-state index contributed by atoms with van der Waals surface area (Å²) in [5.41, 5.74) is 2.19. The lowest BCUT2D eigenvalue weighted by Gasteiger charge is -2.01. The molecule has 0 spiro atoms. The van der Waals surface area contributed by atoms with Crippen LogP contribution >= 0.6 is 15.9 Å². The molecule has 1 N–H and O–H groups in total. The summed E-state index contributed by atoms with van der Waals surface area (Å²) in [4.78, 5) is 3.26. The van der Waals surface area contributed by atoms with Crippen molar-refractivity contribution in [1.29, 1.82) is 0 Å². The fraction of sp³-hybridized carbons (Fsp3) is 0.200. The number of aromatic amines is 1. The molecule has 2 nitrogen and oxygen atoms in total. The summed E-state index contributed by atoms with van der Waals surface area (Å²) >= 11 is 3.50. The highest BCUT2D eigenvalue weighted by Gasteiger charge is 2.06. The van der Waals surface area contributed by atoms with Gasteiger partial charge in [-0.2, -0.15) is 0 Å². The first-order chi connectivity index (χ1) is 6.22. The van der Waals surface area contributed by atoms with E-state index in [2.05, 4.69) is 27.0 Å². The smallest absolute Gasteiger partial charge is 0.142 e. The first kappa shape index (κ1) is 8.63. The topological polar surface area (TPSA) is 25.0 Å². The summed E-state index contributed by atoms with van der Waals surface area (Å²) in [6.07, 6.45) is 0. The molecule has 1 aromatic carbocycles. The Morgan fingerprint density at radius 1 is 1.38 bits per heavy atom. The molecular formula is C10H10BrNO. The minimum Gasteiger partial charge on any atom is -0.495 e. The van der Waals surface area contributed by atoms with Crippen molar-refractivity contribution < 1.29 is 4.74 Å². The van der Waals surface area contributed by atoms with Crippen molar-refractivity contribution in [3.63, 3.8) is 0 Å². The highest BCUT2D eigenvalue weighted by atomic mass is 79.9. The maximum atomic E-state index is 5.24. The number of benzene rings is 1. The average Bonchev–Trinajstić information content (AvgIpc) is 2.48. The Balaban J connectivity index is 2.83. The van der Waals surface area contributed by atoms with Crippen LogP contribution < -0.4 is 4.74 Å². The number of aryl methyl sites for hydroxylation is 1. The van der Waals surface area contributed by atoms with Crippen molar-refractivity contribution in [1.82, 2.24) is 4.98 Å². The highest BCUT2D eigenvalue weighted by Crippen LogP contribution is 2.31. The van der Waals surface area contributed by atoms with Crippen LogP contribution in [0.3, 0.4) is 0 Å². The molecule has 0 bridgehead atoms. The fourth-order valence-electron chi connectivity index (χ4n) is 1.46. The van der Waals surface area contributed by atoms with Gasteiger partial charge < -0.3 is 9.72 Å². The van der Waals surface area contributed by atoms with Crippen LogP contribution in [0.15, 0.2) is 22.7 Å². The van der Waals surface area contributed by atoms with Crippen molar-refractivity contribution in [2.45, 2.75) is 6.92 Å². The van der Waals surface area contributed by atoms with Gasteiger partial charge in [-0.25, -0.2) is 0 Å². The van der Waals surface area contributed by atoms with Crippen LogP contribution in [-0.2, 0) is 0 Å². The number of aromatic nitrogens is 1. The van der Waals surface area contributed by atoms with Crippen LogP contribution in [0.25, 0.3) is 10.9 Å². The number of H-pyrrole nitrogens is 1. The summed E-state index contributed by atoms with van der Waals surface area (Å²) < 4.78 is 6.33. The molecule has 2 rings (SSSR count). The van der Waals surface area contributed by atoms with Crippen molar-refractivity contribution in [2.24, 2.45) is 0 Å². The zero-order valence-corrected chi connectivity index (χ0v) is 9.10. The zero-order chi connectivity index (χ0) is 9.42. The normalized spacial score (nSPS) is 10.7. The second-order valence-corrected chi connectivity index (χ2v) is 3.85. The quantitative estimate of drug-likeness (QED) is 0.813. The minimum atomic E-state index is 0.881. The molecule has 0 fully saturated rings. The number of nitrogens with one attached hydrogen (secondary N) is 1. The van der Waals surface area contributed by atoms with E-state index < -0.39 is 0 Å². The molecule has 0 unspecified atom stereocenters. The Morgan fingerprint density at radius 3 is 2.85 bits per heavy atom. The van der Waals surface area contributed by atoms with Gasteiger partial charge in [-0.1, -0.05) is 15.9 Å². The predicted molar refractivity (Wildman–Crippen MR) is 57.3 cm³/mol. The summed E-state index contributed by atoms with van der Waals surface area (Å²) in [7, 11) is 1.68. The molecule has 3 heteroatoms. The van der Waals surface area contributed by atoms with E-state index in [1.807, 2.05) is 19.1 Å². The Labute approximate surface area is 85.0 Å². The summed E-state index contributed by atoms with van der Waals surface area (Å²) in [6, 6.07) is 6.04. The average molecular weight is 240 g/mol. The molecule has 1 aromatic heterocycles. The number of ether oxygens (including phenoxy) is 1. The molecule has 13 heavy (non-hydrogen) atoms. The molecule has 68 valence electrons. The number of methoxy groups -OCH3 is 1. The highest BCUT2D eigenvalue weighted by molar-refractivity contribution is 9.10. The van der Waals surface area contributed by atoms with Crippen LogP contribution in [0.4, 0.5) is 0 Å². The lowest BCUT2D eigenvalue weighted by atomic mass is 10.2. The summed E-state index contributed by atoms with van der Waals surface area (Å²) in [5.74, 6) is 0.881. The summed E-state index contributed by atoms with van der Waals surface area (Å²) in [6.45, 7) is 2.03. The van der Waals surface area contributed by atoms with Gasteiger partial charge in [0.15, 0.2) is 0 Å². The first-order valence-electron chi connectivity index (χ1n) is 4.04. The van der Waals surface area contributed by atoms with E-state index >= 15 is 0 Å². The monoisotopic (exact) mass is 239 g/mol. The standard InChI is InChI=1S/C10H10BrNO/c1-6-5-7-8(11)3-4-9(13-2)10(7)12-6/h3-5,12H,1-2H3. The summed E-state index contributed by atoms with van der Waals surface area (Å²) in [5, 5.41) is 1.16. The van der Waals surface area contributed by atoms with E-state index in [9.17, 15) is 0 Å². The Kier molecular flexibility index (Phi) is 2.04. The molecule has 0 aliphatic heterocycles. The maximum absolute atomic E-state index is 5.24. The Hall–Kier alpha value is -0.960. The van der Waals surface area contributed by atoms with Crippen LogP contribution in [0.5, 0.6) is 5.75 Å². The lowest BCUT2D eigenvalue weighted by Crippen LogP contribution is -1.84. The van der Waals surface area contributed by atoms with E-state index in [4.69, 9.17) is 4.74 Å². The number of hydrogen-bond acceptors (Lipinski definition) is 1. The van der Waals surface area contributed by atoms with Crippen LogP contribution in [0, 0.1) is 6.92 Å². The molecular weight excluding hydrogens is 230 g/mol. The number of halogens is 1. The molecule has 2 aromatic rings. The molecule has 0 saturated heterocycles. The van der Waals surface area contributed by atoms with Gasteiger partial charge in [0.05, 0.1) is 12.6 Å². The molecule has 1 heterocycles. The van der Waals surface area contributed by atoms with Gasteiger partial charge in [-0.05, 0) is 25.1 Å². The van der Waals surface area contributed by atoms with Crippen LogP contribution in [0.2, 0.25) is 0 Å². The third-order valence-electron chi connectivity index (χ3n) is 2.06. The van der Waals surface area contributed by atoms with Crippen LogP contribution in [-0.4, -0.2) is 12.1 Å². The molecule has 0 saturated carbocycles.